The molecule has 1 aromatic rings. The smallest absolute Gasteiger partial charge is 0.198 e. The van der Waals surface area contributed by atoms with Crippen molar-refractivity contribution in [3.63, 3.8) is 0 Å². The lowest BCUT2D eigenvalue weighted by Gasteiger charge is -2.23. The molecule has 100 valence electrons. The van der Waals surface area contributed by atoms with Crippen LogP contribution in [0, 0.1) is 30.9 Å². The molecule has 0 aliphatic rings. The highest BCUT2D eigenvalue weighted by molar-refractivity contribution is 5.79. The Morgan fingerprint density at radius 2 is 1.94 bits per heavy atom. The Labute approximate surface area is 105 Å². The predicted octanol–water partition coefficient (Wildman–Crippen LogP) is 2.64. The number of nitrogens with two attached hydrogens (primary N) is 1. The summed E-state index contributed by atoms with van der Waals surface area (Å²) in [7, 11) is 1.33. The van der Waals surface area contributed by atoms with Gasteiger partial charge >= 0.3 is 0 Å². The van der Waals surface area contributed by atoms with E-state index in [0.717, 1.165) is 6.07 Å². The molecule has 2 unspecified atom stereocenters. The van der Waals surface area contributed by atoms with Gasteiger partial charge in [-0.2, -0.15) is 0 Å². The fourth-order valence-electron chi connectivity index (χ4n) is 1.95. The van der Waals surface area contributed by atoms with E-state index in [-0.39, 0.29) is 11.5 Å². The predicted molar refractivity (Wildman–Crippen MR) is 67.0 cm³/mol. The molecule has 0 fully saturated rings. The molecule has 0 saturated heterocycles. The molecule has 0 spiro atoms. The Kier molecular flexibility index (Phi) is 4.40. The summed E-state index contributed by atoms with van der Waals surface area (Å²) in [5.41, 5.74) is 7.33. The van der Waals surface area contributed by atoms with Gasteiger partial charge in [-0.1, -0.05) is 6.92 Å². The van der Waals surface area contributed by atoms with E-state index in [1.807, 2.05) is 0 Å². The molecule has 0 aliphatic carbocycles. The van der Waals surface area contributed by atoms with Crippen LogP contribution in [0.15, 0.2) is 6.07 Å². The quantitative estimate of drug-likeness (QED) is 0.645. The molecule has 0 aliphatic heterocycles. The average molecular weight is 256 g/mol. The van der Waals surface area contributed by atoms with Crippen LogP contribution in [0.3, 0.4) is 0 Å². The molecule has 5 heteroatoms. The number of rotatable bonds is 3. The number of benzene rings is 1. The summed E-state index contributed by atoms with van der Waals surface area (Å²) >= 11 is 0. The van der Waals surface area contributed by atoms with E-state index in [0.29, 0.717) is 11.1 Å². The van der Waals surface area contributed by atoms with Crippen LogP contribution >= 0.6 is 0 Å². The number of hydrogen-bond donors (Lipinski definition) is 2. The van der Waals surface area contributed by atoms with Gasteiger partial charge in [0, 0.05) is 5.92 Å². The minimum absolute atomic E-state index is 0.150. The lowest BCUT2D eigenvalue weighted by atomic mass is 9.88. The van der Waals surface area contributed by atoms with Gasteiger partial charge in [0.2, 0.25) is 0 Å². The van der Waals surface area contributed by atoms with Crippen molar-refractivity contribution >= 4 is 5.90 Å². The monoisotopic (exact) mass is 256 g/mol. The van der Waals surface area contributed by atoms with Crippen LogP contribution in [0.1, 0.15) is 29.5 Å². The van der Waals surface area contributed by atoms with E-state index in [1.165, 1.54) is 7.11 Å². The molecular weight excluding hydrogens is 238 g/mol. The highest BCUT2D eigenvalue weighted by Crippen LogP contribution is 2.29. The van der Waals surface area contributed by atoms with Crippen LogP contribution < -0.4 is 5.73 Å². The fourth-order valence-corrected chi connectivity index (χ4v) is 1.95. The maximum atomic E-state index is 13.9. The number of ether oxygens (including phenoxy) is 1. The molecule has 3 nitrogen and oxygen atoms in total. The van der Waals surface area contributed by atoms with Crippen LogP contribution in [0.5, 0.6) is 0 Å². The SMILES string of the molecule is COC(=N)C(N)C(C)c1c(C)c(C)cc(F)c1F. The molecule has 0 bridgehead atoms. The first-order chi connectivity index (χ1) is 8.31. The molecule has 1 rings (SSSR count). The number of halogens is 2. The first kappa shape index (κ1) is 14.6. The van der Waals surface area contributed by atoms with E-state index >= 15 is 0 Å². The Morgan fingerprint density at radius 3 is 2.44 bits per heavy atom. The second-order valence-corrected chi connectivity index (χ2v) is 4.41. The van der Waals surface area contributed by atoms with E-state index in [9.17, 15) is 8.78 Å². The summed E-state index contributed by atoms with van der Waals surface area (Å²) < 4.78 is 32.0. The number of aryl methyl sites for hydroxylation is 1. The molecule has 0 saturated carbocycles. The van der Waals surface area contributed by atoms with Crippen LogP contribution in [-0.4, -0.2) is 19.0 Å². The maximum Gasteiger partial charge on any atom is 0.198 e. The summed E-state index contributed by atoms with van der Waals surface area (Å²) in [5, 5.41) is 7.51. The first-order valence-corrected chi connectivity index (χ1v) is 5.64. The van der Waals surface area contributed by atoms with Crippen molar-refractivity contribution in [1.29, 1.82) is 5.41 Å². The summed E-state index contributed by atoms with van der Waals surface area (Å²) in [4.78, 5) is 0. The molecule has 2 atom stereocenters. The lowest BCUT2D eigenvalue weighted by molar-refractivity contribution is 0.367. The largest absolute Gasteiger partial charge is 0.483 e. The Balaban J connectivity index is 3.28. The second-order valence-electron chi connectivity index (χ2n) is 4.41. The molecule has 0 heterocycles. The number of hydrogen-bond acceptors (Lipinski definition) is 3. The van der Waals surface area contributed by atoms with Crippen LogP contribution in [0.2, 0.25) is 0 Å². The first-order valence-electron chi connectivity index (χ1n) is 5.64. The third kappa shape index (κ3) is 2.51. The van der Waals surface area contributed by atoms with Gasteiger partial charge in [-0.25, -0.2) is 8.78 Å². The van der Waals surface area contributed by atoms with E-state index in [4.69, 9.17) is 15.9 Å². The summed E-state index contributed by atoms with van der Waals surface area (Å²) in [6, 6.07) is 0.359. The van der Waals surface area contributed by atoms with Gasteiger partial charge in [-0.05, 0) is 36.6 Å². The highest BCUT2D eigenvalue weighted by atomic mass is 19.2. The normalized spacial score (nSPS) is 14.2. The molecule has 3 N–H and O–H groups in total. The van der Waals surface area contributed by atoms with Gasteiger partial charge in [0.25, 0.3) is 0 Å². The molecule has 18 heavy (non-hydrogen) atoms. The maximum absolute atomic E-state index is 13.9. The summed E-state index contributed by atoms with van der Waals surface area (Å²) in [6.07, 6.45) is 0. The molecule has 0 aromatic heterocycles. The van der Waals surface area contributed by atoms with Crippen molar-refractivity contribution < 1.29 is 13.5 Å². The Bertz CT molecular complexity index is 448. The van der Waals surface area contributed by atoms with Crippen molar-refractivity contribution in [3.05, 3.63) is 34.4 Å². The Morgan fingerprint density at radius 1 is 1.39 bits per heavy atom. The van der Waals surface area contributed by atoms with E-state index in [2.05, 4.69) is 0 Å². The topological polar surface area (TPSA) is 59.1 Å². The molecule has 0 amide bonds. The van der Waals surface area contributed by atoms with Crippen molar-refractivity contribution in [3.8, 4) is 0 Å². The Hall–Kier alpha value is -1.49. The van der Waals surface area contributed by atoms with Crippen molar-refractivity contribution in [2.24, 2.45) is 5.73 Å². The molecule has 1 aromatic carbocycles. The highest BCUT2D eigenvalue weighted by Gasteiger charge is 2.26. The van der Waals surface area contributed by atoms with E-state index in [1.54, 1.807) is 20.8 Å². The van der Waals surface area contributed by atoms with Gasteiger partial charge in [0.15, 0.2) is 17.5 Å². The summed E-state index contributed by atoms with van der Waals surface area (Å²) in [6.45, 7) is 5.08. The van der Waals surface area contributed by atoms with Gasteiger partial charge in [-0.3, -0.25) is 5.41 Å². The van der Waals surface area contributed by atoms with Crippen molar-refractivity contribution in [2.45, 2.75) is 32.7 Å². The van der Waals surface area contributed by atoms with E-state index < -0.39 is 23.6 Å². The number of nitrogens with one attached hydrogen (secondary N) is 1. The second kappa shape index (κ2) is 5.44. The van der Waals surface area contributed by atoms with Crippen molar-refractivity contribution in [2.75, 3.05) is 7.11 Å². The zero-order valence-corrected chi connectivity index (χ0v) is 11.0. The standard InChI is InChI=1S/C13H18F2N2O/c1-6-5-9(14)11(15)10(7(6)2)8(3)12(16)13(17)18-4/h5,8,12,17H,16H2,1-4H3. The third-order valence-electron chi connectivity index (χ3n) is 3.30. The van der Waals surface area contributed by atoms with Gasteiger partial charge in [0.1, 0.15) is 0 Å². The zero-order chi connectivity index (χ0) is 14.0. The van der Waals surface area contributed by atoms with Gasteiger partial charge in [-0.15, -0.1) is 0 Å². The number of methoxy groups -OCH3 is 1. The minimum Gasteiger partial charge on any atom is -0.483 e. The van der Waals surface area contributed by atoms with Gasteiger partial charge < -0.3 is 10.5 Å². The van der Waals surface area contributed by atoms with Crippen molar-refractivity contribution in [1.82, 2.24) is 0 Å². The van der Waals surface area contributed by atoms with Gasteiger partial charge in [0.05, 0.1) is 13.2 Å². The van der Waals surface area contributed by atoms with Crippen LogP contribution in [0.4, 0.5) is 8.78 Å². The molecule has 0 radical (unpaired) electrons. The average Bonchev–Trinajstić information content (AvgIpc) is 2.34. The molecular formula is C13H18F2N2O. The third-order valence-corrected chi connectivity index (χ3v) is 3.30. The fraction of sp³-hybridized carbons (Fsp3) is 0.462. The minimum atomic E-state index is -0.898. The zero-order valence-electron chi connectivity index (χ0n) is 11.0. The van der Waals surface area contributed by atoms with Crippen LogP contribution in [0.25, 0.3) is 0 Å². The lowest BCUT2D eigenvalue weighted by Crippen LogP contribution is -2.36. The van der Waals surface area contributed by atoms with Crippen LogP contribution in [-0.2, 0) is 4.74 Å². The summed E-state index contributed by atoms with van der Waals surface area (Å²) in [5.74, 6) is -2.48.